The van der Waals surface area contributed by atoms with E-state index in [0.29, 0.717) is 33.3 Å². The minimum atomic E-state index is -0.517. The molecule has 0 spiro atoms. The average molecular weight is 444 g/mol. The second-order valence-electron chi connectivity index (χ2n) is 6.53. The van der Waals surface area contributed by atoms with Gasteiger partial charge in [0.2, 0.25) is 0 Å². The number of rotatable bonds is 8. The van der Waals surface area contributed by atoms with Gasteiger partial charge in [-0.15, -0.1) is 11.3 Å². The first-order chi connectivity index (χ1) is 14.5. The second kappa shape index (κ2) is 10.3. The normalized spacial score (nSPS) is 10.5. The number of unbranched alkanes of at least 4 members (excludes halogenated alkanes) is 1. The molecular weight excluding hydrogens is 422 g/mol. The van der Waals surface area contributed by atoms with E-state index in [1.165, 1.54) is 18.4 Å². The molecule has 7 heteroatoms. The molecule has 5 nitrogen and oxygen atoms in total. The molecule has 1 aromatic heterocycles. The Balaban J connectivity index is 1.81. The van der Waals surface area contributed by atoms with Gasteiger partial charge >= 0.3 is 5.97 Å². The zero-order chi connectivity index (χ0) is 21.5. The fraction of sp³-hybridized carbons (Fsp3) is 0.217. The monoisotopic (exact) mass is 443 g/mol. The Morgan fingerprint density at radius 3 is 2.40 bits per heavy atom. The van der Waals surface area contributed by atoms with Crippen molar-refractivity contribution in [3.8, 4) is 16.9 Å². The number of ether oxygens (including phenoxy) is 2. The molecule has 1 N–H and O–H groups in total. The molecule has 0 radical (unpaired) electrons. The molecule has 0 aliphatic carbocycles. The van der Waals surface area contributed by atoms with E-state index < -0.39 is 5.97 Å². The molecule has 0 fully saturated rings. The summed E-state index contributed by atoms with van der Waals surface area (Å²) in [6.45, 7) is 2.75. The molecule has 3 aromatic rings. The van der Waals surface area contributed by atoms with Crippen molar-refractivity contribution in [3.63, 3.8) is 0 Å². The van der Waals surface area contributed by atoms with E-state index in [9.17, 15) is 9.59 Å². The molecular formula is C23H22ClNO4S. The van der Waals surface area contributed by atoms with Crippen LogP contribution in [0, 0.1) is 0 Å². The van der Waals surface area contributed by atoms with Crippen LogP contribution < -0.4 is 10.1 Å². The van der Waals surface area contributed by atoms with Gasteiger partial charge in [0.25, 0.3) is 5.91 Å². The number of carbonyl (C=O) groups is 2. The van der Waals surface area contributed by atoms with Gasteiger partial charge in [-0.2, -0.15) is 0 Å². The standard InChI is InChI=1S/C23H22ClNO4S/c1-3-4-13-29-18-11-7-16(8-12-18)21(26)25-22-20(23(27)28-2)19(14-30-22)15-5-9-17(24)10-6-15/h5-12,14H,3-4,13H2,1-2H3,(H,25,26). The number of hydrogen-bond donors (Lipinski definition) is 1. The molecule has 1 amide bonds. The summed E-state index contributed by atoms with van der Waals surface area (Å²) < 4.78 is 10.6. The summed E-state index contributed by atoms with van der Waals surface area (Å²) in [5.74, 6) is -0.114. The third-order valence-corrected chi connectivity index (χ3v) is 5.59. The highest BCUT2D eigenvalue weighted by atomic mass is 35.5. The molecule has 0 saturated carbocycles. The largest absolute Gasteiger partial charge is 0.494 e. The van der Waals surface area contributed by atoms with Crippen molar-refractivity contribution >= 4 is 39.8 Å². The summed E-state index contributed by atoms with van der Waals surface area (Å²) >= 11 is 7.23. The predicted molar refractivity (Wildman–Crippen MR) is 121 cm³/mol. The van der Waals surface area contributed by atoms with Crippen LogP contribution in [0.5, 0.6) is 5.75 Å². The van der Waals surface area contributed by atoms with E-state index in [1.807, 2.05) is 17.5 Å². The predicted octanol–water partition coefficient (Wildman–Crippen LogP) is 6.29. The van der Waals surface area contributed by atoms with Crippen molar-refractivity contribution in [2.24, 2.45) is 0 Å². The van der Waals surface area contributed by atoms with Crippen LogP contribution in [0.25, 0.3) is 11.1 Å². The quantitative estimate of drug-likeness (QED) is 0.328. The molecule has 3 rings (SSSR count). The lowest BCUT2D eigenvalue weighted by Crippen LogP contribution is -2.14. The molecule has 30 heavy (non-hydrogen) atoms. The Bertz CT molecular complexity index is 1010. The van der Waals surface area contributed by atoms with E-state index >= 15 is 0 Å². The number of esters is 1. The molecule has 0 unspecified atom stereocenters. The Kier molecular flexibility index (Phi) is 7.49. The van der Waals surface area contributed by atoms with E-state index in [1.54, 1.807) is 36.4 Å². The summed E-state index contributed by atoms with van der Waals surface area (Å²) in [4.78, 5) is 25.2. The van der Waals surface area contributed by atoms with Crippen LogP contribution in [0.2, 0.25) is 5.02 Å². The molecule has 2 aromatic carbocycles. The van der Waals surface area contributed by atoms with Crippen LogP contribution in [0.15, 0.2) is 53.9 Å². The molecule has 0 aliphatic heterocycles. The number of nitrogens with one attached hydrogen (secondary N) is 1. The van der Waals surface area contributed by atoms with Crippen LogP contribution in [0.4, 0.5) is 5.00 Å². The van der Waals surface area contributed by atoms with E-state index in [-0.39, 0.29) is 5.91 Å². The third kappa shape index (κ3) is 5.20. The number of hydrogen-bond acceptors (Lipinski definition) is 5. The van der Waals surface area contributed by atoms with Crippen LogP contribution in [-0.2, 0) is 4.74 Å². The average Bonchev–Trinajstić information content (AvgIpc) is 3.17. The second-order valence-corrected chi connectivity index (χ2v) is 7.85. The topological polar surface area (TPSA) is 64.6 Å². The van der Waals surface area contributed by atoms with Crippen LogP contribution in [-0.4, -0.2) is 25.6 Å². The maximum Gasteiger partial charge on any atom is 0.341 e. The van der Waals surface area contributed by atoms with E-state index in [4.69, 9.17) is 21.1 Å². The first kappa shape index (κ1) is 21.9. The molecule has 0 aliphatic rings. The first-order valence-electron chi connectivity index (χ1n) is 9.53. The van der Waals surface area contributed by atoms with E-state index in [2.05, 4.69) is 12.2 Å². The van der Waals surface area contributed by atoms with Gasteiger partial charge in [-0.05, 0) is 48.4 Å². The molecule has 156 valence electrons. The van der Waals surface area contributed by atoms with Gasteiger partial charge in [-0.25, -0.2) is 4.79 Å². The lowest BCUT2D eigenvalue weighted by molar-refractivity contribution is 0.0603. The summed E-state index contributed by atoms with van der Waals surface area (Å²) in [6, 6.07) is 14.1. The zero-order valence-corrected chi connectivity index (χ0v) is 18.3. The van der Waals surface area contributed by atoms with Gasteiger partial charge in [0.1, 0.15) is 16.3 Å². The fourth-order valence-electron chi connectivity index (χ4n) is 2.81. The minimum Gasteiger partial charge on any atom is -0.494 e. The van der Waals surface area contributed by atoms with Gasteiger partial charge < -0.3 is 14.8 Å². The number of methoxy groups -OCH3 is 1. The van der Waals surface area contributed by atoms with Crippen molar-refractivity contribution in [1.82, 2.24) is 0 Å². The lowest BCUT2D eigenvalue weighted by atomic mass is 10.0. The van der Waals surface area contributed by atoms with Crippen LogP contribution in [0.3, 0.4) is 0 Å². The number of amides is 1. The highest BCUT2D eigenvalue weighted by Crippen LogP contribution is 2.36. The fourth-order valence-corrected chi connectivity index (χ4v) is 3.89. The minimum absolute atomic E-state index is 0.315. The SMILES string of the molecule is CCCCOc1ccc(C(=O)Nc2scc(-c3ccc(Cl)cc3)c2C(=O)OC)cc1. The number of carbonyl (C=O) groups excluding carboxylic acids is 2. The molecule has 0 atom stereocenters. The number of anilines is 1. The summed E-state index contributed by atoms with van der Waals surface area (Å²) in [5.41, 5.74) is 2.27. The molecule has 0 bridgehead atoms. The van der Waals surface area contributed by atoms with Crippen molar-refractivity contribution in [2.45, 2.75) is 19.8 Å². The van der Waals surface area contributed by atoms with Gasteiger partial charge in [0.15, 0.2) is 0 Å². The number of thiophene rings is 1. The number of benzene rings is 2. The Hall–Kier alpha value is -2.83. The summed E-state index contributed by atoms with van der Waals surface area (Å²) in [6.07, 6.45) is 2.04. The Morgan fingerprint density at radius 2 is 1.77 bits per heavy atom. The van der Waals surface area contributed by atoms with Gasteiger partial charge in [0.05, 0.1) is 13.7 Å². The van der Waals surface area contributed by atoms with Crippen molar-refractivity contribution in [1.29, 1.82) is 0 Å². The maximum absolute atomic E-state index is 12.7. The molecule has 0 saturated heterocycles. The van der Waals surface area contributed by atoms with E-state index in [0.717, 1.165) is 24.2 Å². The smallest absolute Gasteiger partial charge is 0.341 e. The summed E-state index contributed by atoms with van der Waals surface area (Å²) in [5, 5.41) is 5.67. The van der Waals surface area contributed by atoms with Crippen molar-refractivity contribution in [2.75, 3.05) is 19.0 Å². The maximum atomic E-state index is 12.7. The van der Waals surface area contributed by atoms with Gasteiger partial charge in [-0.1, -0.05) is 37.1 Å². The van der Waals surface area contributed by atoms with Crippen LogP contribution >= 0.6 is 22.9 Å². The van der Waals surface area contributed by atoms with Crippen molar-refractivity contribution in [3.05, 3.63) is 70.1 Å². The number of halogens is 1. The zero-order valence-electron chi connectivity index (χ0n) is 16.7. The van der Waals surface area contributed by atoms with Gasteiger partial charge in [-0.3, -0.25) is 4.79 Å². The van der Waals surface area contributed by atoms with Crippen LogP contribution in [0.1, 0.15) is 40.5 Å². The Morgan fingerprint density at radius 1 is 1.07 bits per heavy atom. The Labute approximate surface area is 184 Å². The molecule has 1 heterocycles. The lowest BCUT2D eigenvalue weighted by Gasteiger charge is -2.09. The summed E-state index contributed by atoms with van der Waals surface area (Å²) in [7, 11) is 1.31. The first-order valence-corrected chi connectivity index (χ1v) is 10.8. The van der Waals surface area contributed by atoms with Crippen molar-refractivity contribution < 1.29 is 19.1 Å². The third-order valence-electron chi connectivity index (χ3n) is 4.45. The van der Waals surface area contributed by atoms with Gasteiger partial charge in [0, 0.05) is 21.5 Å². The highest BCUT2D eigenvalue weighted by Gasteiger charge is 2.22. The highest BCUT2D eigenvalue weighted by molar-refractivity contribution is 7.15.